The first-order valence-electron chi connectivity index (χ1n) is 2.14. The van der Waals surface area contributed by atoms with Crippen molar-refractivity contribution in [2.24, 2.45) is 0 Å². The van der Waals surface area contributed by atoms with Crippen LogP contribution in [0.3, 0.4) is 0 Å². The lowest BCUT2D eigenvalue weighted by Crippen LogP contribution is -1.69. The van der Waals surface area contributed by atoms with Gasteiger partial charge in [-0.2, -0.15) is 0 Å². The molecule has 1 aromatic carbocycles. The SMILES string of the molecule is Clc1[c][c]cc(Cl)c1Cl. The summed E-state index contributed by atoms with van der Waals surface area (Å²) in [6.45, 7) is 0. The Morgan fingerprint density at radius 2 is 1.89 bits per heavy atom. The molecule has 0 nitrogen and oxygen atoms in total. The minimum absolute atomic E-state index is 0.309. The number of hydrogen-bond acceptors (Lipinski definition) is 0. The summed E-state index contributed by atoms with van der Waals surface area (Å²) in [4.78, 5) is 0. The molecule has 0 spiro atoms. The highest BCUT2D eigenvalue weighted by Gasteiger charge is 1.99. The van der Waals surface area contributed by atoms with Crippen molar-refractivity contribution in [3.05, 3.63) is 33.3 Å². The van der Waals surface area contributed by atoms with E-state index in [0.29, 0.717) is 15.1 Å². The fourth-order valence-electron chi connectivity index (χ4n) is 0.386. The van der Waals surface area contributed by atoms with Crippen LogP contribution in [0.4, 0.5) is 0 Å². The zero-order chi connectivity index (χ0) is 6.85. The topological polar surface area (TPSA) is 0 Å². The van der Waals surface area contributed by atoms with Crippen molar-refractivity contribution in [2.75, 3.05) is 0 Å². The van der Waals surface area contributed by atoms with Crippen LogP contribution in [0.25, 0.3) is 0 Å². The lowest BCUT2D eigenvalue weighted by Gasteiger charge is -1.93. The monoisotopic (exact) mass is 178 g/mol. The predicted molar refractivity (Wildman–Crippen MR) is 39.1 cm³/mol. The zero-order valence-corrected chi connectivity index (χ0v) is 6.48. The third-order valence-corrected chi connectivity index (χ3v) is 1.95. The van der Waals surface area contributed by atoms with Crippen molar-refractivity contribution < 1.29 is 0 Å². The molecule has 0 saturated carbocycles. The van der Waals surface area contributed by atoms with Crippen LogP contribution >= 0.6 is 34.8 Å². The standard InChI is InChI=1S/C6HCl3/c7-4-2-1-3-5(8)6(4)9/h2H. The summed E-state index contributed by atoms with van der Waals surface area (Å²) < 4.78 is 0. The van der Waals surface area contributed by atoms with E-state index in [2.05, 4.69) is 12.1 Å². The van der Waals surface area contributed by atoms with E-state index in [-0.39, 0.29) is 0 Å². The van der Waals surface area contributed by atoms with Gasteiger partial charge in [0.15, 0.2) is 0 Å². The van der Waals surface area contributed by atoms with Crippen LogP contribution in [0.2, 0.25) is 15.1 Å². The third-order valence-electron chi connectivity index (χ3n) is 0.783. The van der Waals surface area contributed by atoms with Gasteiger partial charge in [-0.05, 0) is 12.1 Å². The molecule has 1 rings (SSSR count). The van der Waals surface area contributed by atoms with Crippen molar-refractivity contribution in [2.45, 2.75) is 0 Å². The highest BCUT2D eigenvalue weighted by molar-refractivity contribution is 6.47. The van der Waals surface area contributed by atoms with Gasteiger partial charge in [0.1, 0.15) is 0 Å². The lowest BCUT2D eigenvalue weighted by atomic mass is 10.4. The molecule has 0 unspecified atom stereocenters. The normalized spacial score (nSPS) is 9.67. The van der Waals surface area contributed by atoms with Gasteiger partial charge in [0, 0.05) is 6.07 Å². The molecule has 0 heterocycles. The van der Waals surface area contributed by atoms with Gasteiger partial charge in [-0.3, -0.25) is 0 Å². The maximum atomic E-state index is 5.56. The van der Waals surface area contributed by atoms with Gasteiger partial charge in [0.05, 0.1) is 15.1 Å². The van der Waals surface area contributed by atoms with Crippen LogP contribution < -0.4 is 0 Å². The lowest BCUT2D eigenvalue weighted by molar-refractivity contribution is 1.67. The van der Waals surface area contributed by atoms with Gasteiger partial charge in [-0.1, -0.05) is 34.8 Å². The van der Waals surface area contributed by atoms with E-state index in [9.17, 15) is 0 Å². The molecule has 1 aromatic rings. The molecule has 0 aromatic heterocycles. The Morgan fingerprint density at radius 1 is 1.22 bits per heavy atom. The molecule has 0 bridgehead atoms. The Balaban J connectivity index is 3.25. The molecule has 0 fully saturated rings. The first-order chi connectivity index (χ1) is 4.22. The van der Waals surface area contributed by atoms with Crippen LogP contribution in [0.1, 0.15) is 0 Å². The number of benzene rings is 1. The maximum Gasteiger partial charge on any atom is 0.0785 e. The fraction of sp³-hybridized carbons (Fsp3) is 0. The van der Waals surface area contributed by atoms with E-state index >= 15 is 0 Å². The molecular formula is C6HCl3. The van der Waals surface area contributed by atoms with E-state index in [4.69, 9.17) is 34.8 Å². The van der Waals surface area contributed by atoms with E-state index in [1.807, 2.05) is 0 Å². The first kappa shape index (κ1) is 7.20. The van der Waals surface area contributed by atoms with Gasteiger partial charge in [0.2, 0.25) is 0 Å². The highest BCUT2D eigenvalue weighted by Crippen LogP contribution is 2.27. The Bertz CT molecular complexity index is 199. The molecule has 0 aliphatic heterocycles. The average molecular weight is 179 g/mol. The van der Waals surface area contributed by atoms with E-state index < -0.39 is 0 Å². The molecule has 0 amide bonds. The molecule has 0 aliphatic carbocycles. The van der Waals surface area contributed by atoms with Crippen LogP contribution in [-0.4, -0.2) is 0 Å². The van der Waals surface area contributed by atoms with Gasteiger partial charge in [0.25, 0.3) is 0 Å². The summed E-state index contributed by atoms with van der Waals surface area (Å²) in [5.74, 6) is 0. The summed E-state index contributed by atoms with van der Waals surface area (Å²) in [5.41, 5.74) is 0. The Labute approximate surface area is 68.3 Å². The largest absolute Gasteiger partial charge is 0.0826 e. The van der Waals surface area contributed by atoms with Crippen LogP contribution in [0, 0.1) is 12.1 Å². The van der Waals surface area contributed by atoms with Crippen LogP contribution in [0.5, 0.6) is 0 Å². The first-order valence-corrected chi connectivity index (χ1v) is 3.28. The van der Waals surface area contributed by atoms with E-state index in [0.717, 1.165) is 0 Å². The zero-order valence-electron chi connectivity index (χ0n) is 4.21. The quantitative estimate of drug-likeness (QED) is 0.536. The average Bonchev–Trinajstić information content (AvgIpc) is 1.83. The molecule has 0 saturated heterocycles. The summed E-state index contributed by atoms with van der Waals surface area (Å²) in [5, 5.41) is 1.04. The van der Waals surface area contributed by atoms with Gasteiger partial charge >= 0.3 is 0 Å². The molecule has 3 heteroatoms. The number of rotatable bonds is 0. The van der Waals surface area contributed by atoms with Gasteiger partial charge in [-0.25, -0.2) is 0 Å². The molecule has 9 heavy (non-hydrogen) atoms. The van der Waals surface area contributed by atoms with Crippen molar-refractivity contribution in [3.8, 4) is 0 Å². The van der Waals surface area contributed by atoms with Gasteiger partial charge in [-0.15, -0.1) is 0 Å². The summed E-state index contributed by atoms with van der Waals surface area (Å²) in [7, 11) is 0. The highest BCUT2D eigenvalue weighted by atomic mass is 35.5. The van der Waals surface area contributed by atoms with E-state index in [1.165, 1.54) is 6.07 Å². The Hall–Kier alpha value is 0.0900. The molecule has 0 atom stereocenters. The van der Waals surface area contributed by atoms with Crippen molar-refractivity contribution >= 4 is 34.8 Å². The maximum absolute atomic E-state index is 5.56. The minimum Gasteiger partial charge on any atom is -0.0826 e. The predicted octanol–water partition coefficient (Wildman–Crippen LogP) is 3.25. The van der Waals surface area contributed by atoms with Crippen LogP contribution in [-0.2, 0) is 0 Å². The van der Waals surface area contributed by atoms with Gasteiger partial charge < -0.3 is 0 Å². The molecule has 0 aliphatic rings. The molecule has 46 valence electrons. The van der Waals surface area contributed by atoms with E-state index in [1.54, 1.807) is 0 Å². The molecule has 2 radical (unpaired) electrons. The third kappa shape index (κ3) is 1.51. The second kappa shape index (κ2) is 2.78. The molecule has 0 N–H and O–H groups in total. The molecular weight excluding hydrogens is 178 g/mol. The van der Waals surface area contributed by atoms with Crippen molar-refractivity contribution in [3.63, 3.8) is 0 Å². The van der Waals surface area contributed by atoms with Crippen molar-refractivity contribution in [1.29, 1.82) is 0 Å². The minimum atomic E-state index is 0.309. The Kier molecular flexibility index (Phi) is 2.23. The number of halogens is 3. The van der Waals surface area contributed by atoms with Crippen molar-refractivity contribution in [1.82, 2.24) is 0 Å². The number of hydrogen-bond donors (Lipinski definition) is 0. The Morgan fingerprint density at radius 3 is 2.33 bits per heavy atom. The van der Waals surface area contributed by atoms with Crippen LogP contribution in [0.15, 0.2) is 6.07 Å². The summed E-state index contributed by atoms with van der Waals surface area (Å²) in [6.07, 6.45) is 0. The smallest absolute Gasteiger partial charge is 0.0785 e. The second-order valence-electron chi connectivity index (χ2n) is 1.39. The summed E-state index contributed by atoms with van der Waals surface area (Å²) >= 11 is 16.6. The second-order valence-corrected chi connectivity index (χ2v) is 2.55. The summed E-state index contributed by atoms with van der Waals surface area (Å²) in [6, 6.07) is 6.67. The fourth-order valence-corrected chi connectivity index (χ4v) is 0.841.